The fourth-order valence-electron chi connectivity index (χ4n) is 3.35. The molecule has 0 bridgehead atoms. The van der Waals surface area contributed by atoms with Crippen LogP contribution >= 0.6 is 0 Å². The van der Waals surface area contributed by atoms with Gasteiger partial charge in [0, 0.05) is 24.8 Å². The molecule has 2 N–H and O–H groups in total. The highest BCUT2D eigenvalue weighted by molar-refractivity contribution is 5.96. The van der Waals surface area contributed by atoms with Gasteiger partial charge in [-0.15, -0.1) is 0 Å². The van der Waals surface area contributed by atoms with Crippen LogP contribution in [0.3, 0.4) is 0 Å². The van der Waals surface area contributed by atoms with Crippen molar-refractivity contribution in [2.75, 3.05) is 7.11 Å². The summed E-state index contributed by atoms with van der Waals surface area (Å²) in [6, 6.07) is 5.28. The SMILES string of the molecule is COc1ncccc1-c1cc2n(CC(C)(C)C)c(=O)c(C(=O)NC3CC3)c(O)n2n1. The summed E-state index contributed by atoms with van der Waals surface area (Å²) in [5.41, 5.74) is 0.376. The predicted molar refractivity (Wildman–Crippen MR) is 111 cm³/mol. The maximum Gasteiger partial charge on any atom is 0.270 e. The minimum absolute atomic E-state index is 0.0518. The summed E-state index contributed by atoms with van der Waals surface area (Å²) in [6.45, 7) is 6.32. The van der Waals surface area contributed by atoms with Crippen LogP contribution in [0.5, 0.6) is 11.8 Å². The Labute approximate surface area is 173 Å². The van der Waals surface area contributed by atoms with E-state index in [-0.39, 0.29) is 17.0 Å². The van der Waals surface area contributed by atoms with Gasteiger partial charge >= 0.3 is 0 Å². The van der Waals surface area contributed by atoms with E-state index < -0.39 is 17.3 Å². The van der Waals surface area contributed by atoms with Crippen LogP contribution in [0.2, 0.25) is 0 Å². The summed E-state index contributed by atoms with van der Waals surface area (Å²) < 4.78 is 8.04. The molecular weight excluding hydrogens is 386 g/mol. The van der Waals surface area contributed by atoms with Gasteiger partial charge in [-0.05, 0) is 30.4 Å². The molecule has 1 amide bonds. The van der Waals surface area contributed by atoms with Crippen LogP contribution < -0.4 is 15.6 Å². The molecule has 0 atom stereocenters. The van der Waals surface area contributed by atoms with E-state index in [0.29, 0.717) is 29.3 Å². The van der Waals surface area contributed by atoms with Crippen LogP contribution in [0, 0.1) is 5.41 Å². The molecule has 9 heteroatoms. The van der Waals surface area contributed by atoms with Crippen LogP contribution in [0.4, 0.5) is 0 Å². The molecule has 1 saturated carbocycles. The van der Waals surface area contributed by atoms with Crippen LogP contribution in [0.25, 0.3) is 16.9 Å². The van der Waals surface area contributed by atoms with Gasteiger partial charge in [0.05, 0.1) is 12.7 Å². The minimum Gasteiger partial charge on any atom is -0.492 e. The van der Waals surface area contributed by atoms with Crippen molar-refractivity contribution >= 4 is 11.6 Å². The van der Waals surface area contributed by atoms with E-state index in [2.05, 4.69) is 15.4 Å². The average Bonchev–Trinajstić information content (AvgIpc) is 3.38. The maximum atomic E-state index is 13.3. The second-order valence-corrected chi connectivity index (χ2v) is 8.76. The number of amides is 1. The Morgan fingerprint density at radius 1 is 1.37 bits per heavy atom. The van der Waals surface area contributed by atoms with Gasteiger partial charge in [0.2, 0.25) is 11.8 Å². The highest BCUT2D eigenvalue weighted by Crippen LogP contribution is 2.30. The Morgan fingerprint density at radius 3 is 2.73 bits per heavy atom. The molecule has 1 aliphatic carbocycles. The predicted octanol–water partition coefficient (Wildman–Crippen LogP) is 2.21. The Balaban J connectivity index is 1.96. The molecule has 0 radical (unpaired) electrons. The third-order valence-electron chi connectivity index (χ3n) is 4.86. The third-order valence-corrected chi connectivity index (χ3v) is 4.86. The lowest BCUT2D eigenvalue weighted by Gasteiger charge is -2.21. The molecule has 1 fully saturated rings. The normalized spacial score (nSPS) is 14.1. The van der Waals surface area contributed by atoms with Crippen molar-refractivity contribution in [1.82, 2.24) is 24.5 Å². The van der Waals surface area contributed by atoms with Crippen molar-refractivity contribution < 1.29 is 14.6 Å². The van der Waals surface area contributed by atoms with Crippen molar-refractivity contribution in [3.8, 4) is 23.0 Å². The summed E-state index contributed by atoms with van der Waals surface area (Å²) in [5.74, 6) is -0.690. The van der Waals surface area contributed by atoms with Crippen molar-refractivity contribution in [2.45, 2.75) is 46.2 Å². The number of aromatic nitrogens is 4. The van der Waals surface area contributed by atoms with Gasteiger partial charge in [-0.1, -0.05) is 20.8 Å². The molecule has 3 aromatic rings. The van der Waals surface area contributed by atoms with E-state index in [4.69, 9.17) is 4.74 Å². The summed E-state index contributed by atoms with van der Waals surface area (Å²) in [6.07, 6.45) is 3.35. The monoisotopic (exact) mass is 411 g/mol. The zero-order valence-corrected chi connectivity index (χ0v) is 17.5. The van der Waals surface area contributed by atoms with Crippen molar-refractivity contribution in [3.63, 3.8) is 0 Å². The number of hydrogen-bond acceptors (Lipinski definition) is 6. The van der Waals surface area contributed by atoms with Crippen LogP contribution in [-0.4, -0.2) is 43.3 Å². The molecule has 9 nitrogen and oxygen atoms in total. The van der Waals surface area contributed by atoms with Gasteiger partial charge in [0.15, 0.2) is 5.56 Å². The summed E-state index contributed by atoms with van der Waals surface area (Å²) in [7, 11) is 1.51. The Bertz CT molecular complexity index is 1180. The number of hydrogen-bond donors (Lipinski definition) is 2. The van der Waals surface area contributed by atoms with E-state index in [9.17, 15) is 14.7 Å². The Morgan fingerprint density at radius 2 is 2.10 bits per heavy atom. The first-order valence-electron chi connectivity index (χ1n) is 9.85. The van der Waals surface area contributed by atoms with E-state index in [1.807, 2.05) is 20.8 Å². The van der Waals surface area contributed by atoms with Crippen molar-refractivity contribution in [1.29, 1.82) is 0 Å². The summed E-state index contributed by atoms with van der Waals surface area (Å²) >= 11 is 0. The summed E-state index contributed by atoms with van der Waals surface area (Å²) in [4.78, 5) is 30.2. The Hall–Kier alpha value is -3.36. The van der Waals surface area contributed by atoms with Gasteiger partial charge in [0.1, 0.15) is 11.3 Å². The molecule has 30 heavy (non-hydrogen) atoms. The van der Waals surface area contributed by atoms with Gasteiger partial charge in [-0.3, -0.25) is 14.2 Å². The fraction of sp³-hybridized carbons (Fsp3) is 0.429. The number of rotatable bonds is 5. The quantitative estimate of drug-likeness (QED) is 0.666. The first-order chi connectivity index (χ1) is 14.2. The highest BCUT2D eigenvalue weighted by atomic mass is 16.5. The molecule has 3 aromatic heterocycles. The lowest BCUT2D eigenvalue weighted by molar-refractivity contribution is 0.0944. The second kappa shape index (κ2) is 7.16. The third kappa shape index (κ3) is 3.62. The fourth-order valence-corrected chi connectivity index (χ4v) is 3.35. The number of fused-ring (bicyclic) bond motifs is 1. The number of nitrogens with one attached hydrogen (secondary N) is 1. The molecular formula is C21H25N5O4. The van der Waals surface area contributed by atoms with E-state index in [1.165, 1.54) is 16.2 Å². The van der Waals surface area contributed by atoms with Gasteiger partial charge in [-0.2, -0.15) is 9.61 Å². The lowest BCUT2D eigenvalue weighted by Crippen LogP contribution is -2.37. The largest absolute Gasteiger partial charge is 0.492 e. The first-order valence-corrected chi connectivity index (χ1v) is 9.85. The molecule has 0 aliphatic heterocycles. The number of methoxy groups -OCH3 is 1. The van der Waals surface area contributed by atoms with Crippen LogP contribution in [0.1, 0.15) is 44.0 Å². The van der Waals surface area contributed by atoms with Crippen LogP contribution in [0.15, 0.2) is 29.2 Å². The molecule has 1 aliphatic rings. The highest BCUT2D eigenvalue weighted by Gasteiger charge is 2.30. The number of carbonyl (C=O) groups excluding carboxylic acids is 1. The van der Waals surface area contributed by atoms with E-state index in [0.717, 1.165) is 12.8 Å². The van der Waals surface area contributed by atoms with Gasteiger partial charge in [-0.25, -0.2) is 4.98 Å². The maximum absolute atomic E-state index is 13.3. The zero-order chi connectivity index (χ0) is 21.6. The van der Waals surface area contributed by atoms with Crippen LogP contribution in [-0.2, 0) is 6.54 Å². The topological polar surface area (TPSA) is 111 Å². The molecule has 0 unspecified atom stereocenters. The number of pyridine rings is 1. The van der Waals surface area contributed by atoms with Gasteiger partial charge in [0.25, 0.3) is 11.5 Å². The average molecular weight is 411 g/mol. The number of nitrogens with zero attached hydrogens (tertiary/aromatic N) is 4. The smallest absolute Gasteiger partial charge is 0.270 e. The molecule has 0 saturated heterocycles. The number of aromatic hydroxyl groups is 1. The lowest BCUT2D eigenvalue weighted by atomic mass is 9.97. The standard InChI is InChI=1S/C21H25N5O4/c1-21(2,3)11-25-15-10-14(13-6-5-9-22-18(13)30-4)24-26(15)20(29)16(19(25)28)17(27)23-12-7-8-12/h5-6,9-10,12,29H,7-8,11H2,1-4H3,(H,23,27). The van der Waals surface area contributed by atoms with Gasteiger partial charge < -0.3 is 15.2 Å². The molecule has 3 heterocycles. The van der Waals surface area contributed by atoms with Crippen molar-refractivity contribution in [2.24, 2.45) is 5.41 Å². The zero-order valence-electron chi connectivity index (χ0n) is 17.5. The van der Waals surface area contributed by atoms with E-state index >= 15 is 0 Å². The first kappa shape index (κ1) is 19.9. The molecule has 0 spiro atoms. The number of carbonyl (C=O) groups is 1. The Kier molecular flexibility index (Phi) is 4.76. The summed E-state index contributed by atoms with van der Waals surface area (Å²) in [5, 5.41) is 18.1. The minimum atomic E-state index is -0.583. The molecule has 158 valence electrons. The second-order valence-electron chi connectivity index (χ2n) is 8.76. The van der Waals surface area contributed by atoms with E-state index in [1.54, 1.807) is 24.4 Å². The molecule has 0 aromatic carbocycles. The van der Waals surface area contributed by atoms with Crippen molar-refractivity contribution in [3.05, 3.63) is 40.3 Å². The number of ether oxygens (including phenoxy) is 1. The molecule has 4 rings (SSSR count).